The Morgan fingerprint density at radius 1 is 1.35 bits per heavy atom. The summed E-state index contributed by atoms with van der Waals surface area (Å²) in [6.45, 7) is 5.61. The Morgan fingerprint density at radius 2 is 1.94 bits per heavy atom. The van der Waals surface area contributed by atoms with Crippen molar-refractivity contribution in [1.29, 1.82) is 0 Å². The molecular formula is C13H20FNO2. The molecule has 0 fully saturated rings. The number of rotatable bonds is 4. The lowest BCUT2D eigenvalue weighted by Gasteiger charge is -2.33. The number of hydrogen-bond acceptors (Lipinski definition) is 3. The van der Waals surface area contributed by atoms with Crippen molar-refractivity contribution in [2.45, 2.75) is 32.9 Å². The van der Waals surface area contributed by atoms with E-state index in [9.17, 15) is 9.50 Å². The van der Waals surface area contributed by atoms with E-state index < -0.39 is 11.9 Å². The van der Waals surface area contributed by atoms with E-state index in [0.29, 0.717) is 0 Å². The first-order valence-corrected chi connectivity index (χ1v) is 5.64. The maximum absolute atomic E-state index is 13.4. The van der Waals surface area contributed by atoms with Gasteiger partial charge >= 0.3 is 0 Å². The molecule has 1 aromatic rings. The number of halogens is 1. The molecule has 1 rings (SSSR count). The number of ether oxygens (including phenoxy) is 1. The Kier molecular flexibility index (Phi) is 4.48. The van der Waals surface area contributed by atoms with Crippen molar-refractivity contribution in [3.05, 3.63) is 30.1 Å². The quantitative estimate of drug-likeness (QED) is 0.847. The molecule has 0 radical (unpaired) electrons. The first kappa shape index (κ1) is 13.9. The molecule has 3 N–H and O–H groups in total. The van der Waals surface area contributed by atoms with E-state index in [1.54, 1.807) is 12.1 Å². The molecule has 0 aliphatic carbocycles. The van der Waals surface area contributed by atoms with Gasteiger partial charge in [0.05, 0.1) is 6.61 Å². The summed E-state index contributed by atoms with van der Waals surface area (Å²) in [6.07, 6.45) is -0.619. The molecule has 0 aliphatic rings. The van der Waals surface area contributed by atoms with E-state index in [1.165, 1.54) is 12.1 Å². The zero-order chi connectivity index (χ0) is 13.1. The first-order chi connectivity index (χ1) is 7.86. The molecule has 4 heteroatoms. The van der Waals surface area contributed by atoms with Gasteiger partial charge in [0, 0.05) is 6.04 Å². The van der Waals surface area contributed by atoms with Gasteiger partial charge in [-0.1, -0.05) is 32.9 Å². The highest BCUT2D eigenvalue weighted by atomic mass is 19.1. The lowest BCUT2D eigenvalue weighted by molar-refractivity contribution is 0.0563. The number of aliphatic hydroxyl groups excluding tert-OH is 1. The van der Waals surface area contributed by atoms with Gasteiger partial charge in [0.2, 0.25) is 0 Å². The van der Waals surface area contributed by atoms with Gasteiger partial charge in [-0.05, 0) is 17.5 Å². The molecule has 2 atom stereocenters. The highest BCUT2D eigenvalue weighted by Crippen LogP contribution is 2.24. The number of nitrogens with two attached hydrogens (primary N) is 1. The molecule has 3 nitrogen and oxygen atoms in total. The lowest BCUT2D eigenvalue weighted by Crippen LogP contribution is -2.49. The molecule has 0 heterocycles. The van der Waals surface area contributed by atoms with Crippen LogP contribution in [0.5, 0.6) is 5.75 Å². The molecule has 0 saturated heterocycles. The van der Waals surface area contributed by atoms with Crippen LogP contribution in [0.4, 0.5) is 4.39 Å². The summed E-state index contributed by atoms with van der Waals surface area (Å²) >= 11 is 0. The van der Waals surface area contributed by atoms with E-state index >= 15 is 0 Å². The van der Waals surface area contributed by atoms with Gasteiger partial charge in [-0.2, -0.15) is 0 Å². The summed E-state index contributed by atoms with van der Waals surface area (Å²) < 4.78 is 18.8. The summed E-state index contributed by atoms with van der Waals surface area (Å²) in [5, 5.41) is 9.28. The second-order valence-electron chi connectivity index (χ2n) is 5.16. The molecule has 0 saturated carbocycles. The topological polar surface area (TPSA) is 55.5 Å². The Hall–Kier alpha value is -1.13. The van der Waals surface area contributed by atoms with Crippen LogP contribution in [0.15, 0.2) is 24.3 Å². The number of benzene rings is 1. The predicted octanol–water partition coefficient (Wildman–Crippen LogP) is 1.94. The maximum Gasteiger partial charge on any atom is 0.165 e. The van der Waals surface area contributed by atoms with Crippen LogP contribution in [-0.2, 0) is 0 Å². The van der Waals surface area contributed by atoms with Crippen LogP contribution in [0.3, 0.4) is 0 Å². The first-order valence-electron chi connectivity index (χ1n) is 5.64. The maximum atomic E-state index is 13.4. The van der Waals surface area contributed by atoms with Gasteiger partial charge in [0.25, 0.3) is 0 Å². The van der Waals surface area contributed by atoms with Crippen LogP contribution in [0.25, 0.3) is 0 Å². The van der Waals surface area contributed by atoms with E-state index in [0.717, 1.165) is 0 Å². The summed E-state index contributed by atoms with van der Waals surface area (Å²) in [6, 6.07) is 5.71. The van der Waals surface area contributed by atoms with Crippen molar-refractivity contribution in [3.63, 3.8) is 0 Å². The van der Waals surface area contributed by atoms with Crippen LogP contribution in [0, 0.1) is 11.2 Å². The van der Waals surface area contributed by atoms with Crippen LogP contribution in [-0.4, -0.2) is 23.9 Å². The van der Waals surface area contributed by atoms with E-state index in [4.69, 9.17) is 10.5 Å². The van der Waals surface area contributed by atoms with Crippen LogP contribution in [0.2, 0.25) is 0 Å². The minimum absolute atomic E-state index is 0.117. The molecular weight excluding hydrogens is 221 g/mol. The van der Waals surface area contributed by atoms with E-state index in [-0.39, 0.29) is 23.8 Å². The number of aliphatic hydroxyl groups is 1. The van der Waals surface area contributed by atoms with Gasteiger partial charge in [-0.25, -0.2) is 4.39 Å². The standard InChI is InChI=1S/C13H20FNO2/c1-13(2,3)12(15)11(8-16)17-10-7-5-4-6-9(10)14/h4-7,11-12,16H,8,15H2,1-3H3. The average molecular weight is 241 g/mol. The van der Waals surface area contributed by atoms with Crippen LogP contribution in [0.1, 0.15) is 20.8 Å². The second-order valence-corrected chi connectivity index (χ2v) is 5.16. The average Bonchev–Trinajstić information content (AvgIpc) is 2.26. The molecule has 2 unspecified atom stereocenters. The van der Waals surface area contributed by atoms with Gasteiger partial charge in [0.1, 0.15) is 6.10 Å². The van der Waals surface area contributed by atoms with Crippen molar-refractivity contribution in [1.82, 2.24) is 0 Å². The third-order valence-electron chi connectivity index (χ3n) is 2.70. The molecule has 0 aliphatic heterocycles. The third kappa shape index (κ3) is 3.68. The summed E-state index contributed by atoms with van der Waals surface area (Å²) in [4.78, 5) is 0. The lowest BCUT2D eigenvalue weighted by atomic mass is 9.84. The smallest absolute Gasteiger partial charge is 0.165 e. The van der Waals surface area contributed by atoms with Crippen molar-refractivity contribution >= 4 is 0 Å². The van der Waals surface area contributed by atoms with Crippen molar-refractivity contribution in [3.8, 4) is 5.75 Å². The number of para-hydroxylation sites is 1. The molecule has 17 heavy (non-hydrogen) atoms. The normalized spacial score (nSPS) is 15.4. The fourth-order valence-corrected chi connectivity index (χ4v) is 1.49. The SMILES string of the molecule is CC(C)(C)C(N)C(CO)Oc1ccccc1F. The monoisotopic (exact) mass is 241 g/mol. The molecule has 0 bridgehead atoms. The molecule has 0 amide bonds. The van der Waals surface area contributed by atoms with Crippen molar-refractivity contribution < 1.29 is 14.2 Å². The summed E-state index contributed by atoms with van der Waals surface area (Å²) in [5.41, 5.74) is 5.77. The van der Waals surface area contributed by atoms with Gasteiger partial charge < -0.3 is 15.6 Å². The second kappa shape index (κ2) is 5.47. The molecule has 1 aromatic carbocycles. The Bertz CT molecular complexity index is 363. The van der Waals surface area contributed by atoms with Crippen LogP contribution >= 0.6 is 0 Å². The van der Waals surface area contributed by atoms with Gasteiger partial charge in [-0.15, -0.1) is 0 Å². The van der Waals surface area contributed by atoms with E-state index in [1.807, 2.05) is 20.8 Å². The zero-order valence-corrected chi connectivity index (χ0v) is 10.5. The third-order valence-corrected chi connectivity index (χ3v) is 2.70. The number of hydrogen-bond donors (Lipinski definition) is 2. The minimum atomic E-state index is -0.619. The summed E-state index contributed by atoms with van der Waals surface area (Å²) in [7, 11) is 0. The Balaban J connectivity index is 2.81. The largest absolute Gasteiger partial charge is 0.483 e. The van der Waals surface area contributed by atoms with Gasteiger partial charge in [0.15, 0.2) is 11.6 Å². The summed E-state index contributed by atoms with van der Waals surface area (Å²) in [5.74, 6) is -0.335. The van der Waals surface area contributed by atoms with Crippen molar-refractivity contribution in [2.75, 3.05) is 6.61 Å². The highest BCUT2D eigenvalue weighted by Gasteiger charge is 2.30. The van der Waals surface area contributed by atoms with Crippen molar-refractivity contribution in [2.24, 2.45) is 11.1 Å². The highest BCUT2D eigenvalue weighted by molar-refractivity contribution is 5.24. The minimum Gasteiger partial charge on any atom is -0.483 e. The van der Waals surface area contributed by atoms with E-state index in [2.05, 4.69) is 0 Å². The zero-order valence-electron chi connectivity index (χ0n) is 10.5. The predicted molar refractivity (Wildman–Crippen MR) is 65.3 cm³/mol. The Labute approximate surface area is 101 Å². The molecule has 0 aromatic heterocycles. The Morgan fingerprint density at radius 3 is 2.41 bits per heavy atom. The molecule has 96 valence electrons. The van der Waals surface area contributed by atoms with Crippen LogP contribution < -0.4 is 10.5 Å². The fraction of sp³-hybridized carbons (Fsp3) is 0.538. The molecule has 0 spiro atoms. The van der Waals surface area contributed by atoms with Gasteiger partial charge in [-0.3, -0.25) is 0 Å². The fourth-order valence-electron chi connectivity index (χ4n) is 1.49.